The SMILES string of the molecule is CNC1CCC(NC(=O)OC(C)(C)C)C1. The summed E-state index contributed by atoms with van der Waals surface area (Å²) in [5, 5.41) is 6.12. The first-order valence-electron chi connectivity index (χ1n) is 5.57. The minimum absolute atomic E-state index is 0.261. The predicted molar refractivity (Wildman–Crippen MR) is 59.9 cm³/mol. The molecule has 1 amide bonds. The van der Waals surface area contributed by atoms with Gasteiger partial charge in [-0.25, -0.2) is 4.79 Å². The zero-order chi connectivity index (χ0) is 11.5. The van der Waals surface area contributed by atoms with Crippen molar-refractivity contribution in [2.24, 2.45) is 0 Å². The van der Waals surface area contributed by atoms with Crippen molar-refractivity contribution in [1.82, 2.24) is 10.6 Å². The number of hydrogen-bond acceptors (Lipinski definition) is 3. The van der Waals surface area contributed by atoms with E-state index in [1.165, 1.54) is 0 Å². The Kier molecular flexibility index (Phi) is 3.97. The number of nitrogens with one attached hydrogen (secondary N) is 2. The first-order chi connectivity index (χ1) is 6.90. The molecule has 1 fully saturated rings. The molecule has 0 aromatic carbocycles. The van der Waals surface area contributed by atoms with Crippen molar-refractivity contribution in [3.05, 3.63) is 0 Å². The van der Waals surface area contributed by atoms with Gasteiger partial charge >= 0.3 is 6.09 Å². The normalized spacial score (nSPS) is 26.4. The van der Waals surface area contributed by atoms with Crippen molar-refractivity contribution >= 4 is 6.09 Å². The molecule has 1 aliphatic carbocycles. The molecule has 4 nitrogen and oxygen atoms in total. The minimum Gasteiger partial charge on any atom is -0.444 e. The van der Waals surface area contributed by atoms with E-state index >= 15 is 0 Å². The van der Waals surface area contributed by atoms with Gasteiger partial charge in [-0.15, -0.1) is 0 Å². The Balaban J connectivity index is 2.28. The fraction of sp³-hybridized carbons (Fsp3) is 0.909. The summed E-state index contributed by atoms with van der Waals surface area (Å²) in [6, 6.07) is 0.794. The number of rotatable bonds is 2. The number of hydrogen-bond donors (Lipinski definition) is 2. The summed E-state index contributed by atoms with van der Waals surface area (Å²) in [7, 11) is 1.96. The molecule has 2 N–H and O–H groups in total. The fourth-order valence-corrected chi connectivity index (χ4v) is 1.85. The van der Waals surface area contributed by atoms with Gasteiger partial charge in [0.15, 0.2) is 0 Å². The maximum atomic E-state index is 11.5. The Morgan fingerprint density at radius 1 is 1.27 bits per heavy atom. The molecule has 1 rings (SSSR count). The average Bonchev–Trinajstić information content (AvgIpc) is 2.48. The summed E-state index contributed by atoms with van der Waals surface area (Å²) < 4.78 is 5.20. The van der Waals surface area contributed by atoms with Crippen LogP contribution in [0.2, 0.25) is 0 Å². The van der Waals surface area contributed by atoms with E-state index in [-0.39, 0.29) is 12.1 Å². The topological polar surface area (TPSA) is 50.4 Å². The van der Waals surface area contributed by atoms with Crippen molar-refractivity contribution in [3.63, 3.8) is 0 Å². The molecule has 1 aliphatic rings. The van der Waals surface area contributed by atoms with E-state index in [9.17, 15) is 4.79 Å². The molecular weight excluding hydrogens is 192 g/mol. The molecule has 15 heavy (non-hydrogen) atoms. The zero-order valence-electron chi connectivity index (χ0n) is 10.1. The van der Waals surface area contributed by atoms with Gasteiger partial charge in [0, 0.05) is 12.1 Å². The highest BCUT2D eigenvalue weighted by atomic mass is 16.6. The lowest BCUT2D eigenvalue weighted by Gasteiger charge is -2.21. The van der Waals surface area contributed by atoms with Gasteiger partial charge in [-0.05, 0) is 47.1 Å². The van der Waals surface area contributed by atoms with Crippen molar-refractivity contribution in [1.29, 1.82) is 0 Å². The third kappa shape index (κ3) is 4.51. The first-order valence-corrected chi connectivity index (χ1v) is 5.57. The molecule has 88 valence electrons. The first kappa shape index (κ1) is 12.3. The number of carbonyl (C=O) groups excluding carboxylic acids is 1. The Bertz CT molecular complexity index is 223. The van der Waals surface area contributed by atoms with Crippen LogP contribution in [0.25, 0.3) is 0 Å². The smallest absolute Gasteiger partial charge is 0.407 e. The standard InChI is InChI=1S/C11H22N2O2/c1-11(2,3)15-10(14)13-9-6-5-8(7-9)12-4/h8-9,12H,5-7H2,1-4H3,(H,13,14). The molecule has 2 atom stereocenters. The predicted octanol–water partition coefficient (Wildman–Crippen LogP) is 1.65. The molecule has 0 heterocycles. The third-order valence-electron chi connectivity index (χ3n) is 2.56. The van der Waals surface area contributed by atoms with Crippen LogP contribution in [0.15, 0.2) is 0 Å². The summed E-state index contributed by atoms with van der Waals surface area (Å²) in [5.41, 5.74) is -0.412. The molecular formula is C11H22N2O2. The van der Waals surface area contributed by atoms with Gasteiger partial charge < -0.3 is 15.4 Å². The highest BCUT2D eigenvalue weighted by Gasteiger charge is 2.26. The summed E-state index contributed by atoms with van der Waals surface area (Å²) in [4.78, 5) is 11.5. The summed E-state index contributed by atoms with van der Waals surface area (Å²) in [6.07, 6.45) is 2.85. The van der Waals surface area contributed by atoms with E-state index in [4.69, 9.17) is 4.74 Å². The molecule has 4 heteroatoms. The second-order valence-corrected chi connectivity index (χ2v) is 5.14. The number of ether oxygens (including phenoxy) is 1. The second kappa shape index (κ2) is 4.84. The zero-order valence-corrected chi connectivity index (χ0v) is 10.1. The highest BCUT2D eigenvalue weighted by Crippen LogP contribution is 2.19. The van der Waals surface area contributed by atoms with Crippen molar-refractivity contribution in [2.45, 2.75) is 57.7 Å². The van der Waals surface area contributed by atoms with E-state index in [1.54, 1.807) is 0 Å². The maximum absolute atomic E-state index is 11.5. The van der Waals surface area contributed by atoms with Gasteiger partial charge in [-0.2, -0.15) is 0 Å². The van der Waals surface area contributed by atoms with Crippen LogP contribution < -0.4 is 10.6 Å². The molecule has 0 saturated heterocycles. The fourth-order valence-electron chi connectivity index (χ4n) is 1.85. The quantitative estimate of drug-likeness (QED) is 0.735. The minimum atomic E-state index is -0.412. The van der Waals surface area contributed by atoms with Crippen LogP contribution >= 0.6 is 0 Å². The van der Waals surface area contributed by atoms with Crippen LogP contribution in [0.3, 0.4) is 0 Å². The van der Waals surface area contributed by atoms with E-state index in [2.05, 4.69) is 10.6 Å². The molecule has 0 radical (unpaired) electrons. The highest BCUT2D eigenvalue weighted by molar-refractivity contribution is 5.68. The molecule has 0 bridgehead atoms. The van der Waals surface area contributed by atoms with Gasteiger partial charge in [0.05, 0.1) is 0 Å². The van der Waals surface area contributed by atoms with Crippen LogP contribution in [0.4, 0.5) is 4.79 Å². The van der Waals surface area contributed by atoms with Gasteiger partial charge in [-0.1, -0.05) is 0 Å². The van der Waals surface area contributed by atoms with E-state index in [0.717, 1.165) is 19.3 Å². The van der Waals surface area contributed by atoms with Gasteiger partial charge in [0.2, 0.25) is 0 Å². The van der Waals surface area contributed by atoms with Gasteiger partial charge in [-0.3, -0.25) is 0 Å². The molecule has 0 aliphatic heterocycles. The molecule has 0 spiro atoms. The Labute approximate surface area is 91.8 Å². The Hall–Kier alpha value is -0.770. The average molecular weight is 214 g/mol. The van der Waals surface area contributed by atoms with Gasteiger partial charge in [0.25, 0.3) is 0 Å². The monoisotopic (exact) mass is 214 g/mol. The lowest BCUT2D eigenvalue weighted by molar-refractivity contribution is 0.0505. The van der Waals surface area contributed by atoms with E-state index in [1.807, 2.05) is 27.8 Å². The molecule has 2 unspecified atom stereocenters. The summed E-state index contributed by atoms with van der Waals surface area (Å²) >= 11 is 0. The third-order valence-corrected chi connectivity index (χ3v) is 2.56. The maximum Gasteiger partial charge on any atom is 0.407 e. The lowest BCUT2D eigenvalue weighted by Crippen LogP contribution is -2.38. The van der Waals surface area contributed by atoms with Gasteiger partial charge in [0.1, 0.15) is 5.60 Å². The van der Waals surface area contributed by atoms with Crippen LogP contribution in [0.1, 0.15) is 40.0 Å². The summed E-state index contributed by atoms with van der Waals surface area (Å²) in [5.74, 6) is 0. The number of alkyl carbamates (subject to hydrolysis) is 1. The van der Waals surface area contributed by atoms with Crippen LogP contribution in [-0.4, -0.2) is 30.8 Å². The van der Waals surface area contributed by atoms with E-state index < -0.39 is 5.60 Å². The summed E-state index contributed by atoms with van der Waals surface area (Å²) in [6.45, 7) is 5.62. The lowest BCUT2D eigenvalue weighted by atomic mass is 10.2. The number of carbonyl (C=O) groups is 1. The van der Waals surface area contributed by atoms with E-state index in [0.29, 0.717) is 6.04 Å². The number of amides is 1. The Morgan fingerprint density at radius 3 is 2.33 bits per heavy atom. The second-order valence-electron chi connectivity index (χ2n) is 5.14. The van der Waals surface area contributed by atoms with Crippen LogP contribution in [0, 0.1) is 0 Å². The van der Waals surface area contributed by atoms with Crippen molar-refractivity contribution in [3.8, 4) is 0 Å². The molecule has 0 aromatic rings. The van der Waals surface area contributed by atoms with Crippen molar-refractivity contribution in [2.75, 3.05) is 7.05 Å². The largest absolute Gasteiger partial charge is 0.444 e. The van der Waals surface area contributed by atoms with Crippen molar-refractivity contribution < 1.29 is 9.53 Å². The molecule has 1 saturated carbocycles. The van der Waals surface area contributed by atoms with Crippen LogP contribution in [-0.2, 0) is 4.74 Å². The Morgan fingerprint density at radius 2 is 1.87 bits per heavy atom. The molecule has 0 aromatic heterocycles. The van der Waals surface area contributed by atoms with Crippen LogP contribution in [0.5, 0.6) is 0 Å².